The van der Waals surface area contributed by atoms with Crippen molar-refractivity contribution in [2.75, 3.05) is 0 Å². The maximum atomic E-state index is 13.5. The number of phenols is 3. The second-order valence-electron chi connectivity index (χ2n) is 8.41. The molecule has 2 atom stereocenters. The maximum absolute atomic E-state index is 13.5. The molecule has 0 aromatic heterocycles. The Morgan fingerprint density at radius 3 is 2.29 bits per heavy atom. The molecule has 3 rings (SSSR count). The third kappa shape index (κ3) is 4.30. The van der Waals surface area contributed by atoms with Crippen LogP contribution >= 0.6 is 0 Å². The van der Waals surface area contributed by atoms with Crippen molar-refractivity contribution < 1.29 is 30.0 Å². The highest BCUT2D eigenvalue weighted by atomic mass is 16.5. The number of Topliss-reactive ketones (excluding diaryl/α,β-unsaturated/α-hetero) is 1. The molecular weight excluding hydrogens is 396 g/mol. The largest absolute Gasteiger partial charge is 0.508 e. The molecule has 6 heteroatoms. The Balaban J connectivity index is 2.23. The Bertz CT molecular complexity index is 1070. The number of rotatable bonds is 5. The van der Waals surface area contributed by atoms with Crippen LogP contribution in [-0.2, 0) is 6.42 Å². The summed E-state index contributed by atoms with van der Waals surface area (Å²) in [6.45, 7) is 7.56. The number of hydrogen-bond donors (Lipinski definition) is 4. The van der Waals surface area contributed by atoms with Gasteiger partial charge in [0.25, 0.3) is 0 Å². The molecule has 0 saturated carbocycles. The number of aromatic hydroxyl groups is 3. The van der Waals surface area contributed by atoms with E-state index in [1.807, 2.05) is 33.8 Å². The summed E-state index contributed by atoms with van der Waals surface area (Å²) in [7, 11) is 0. The fourth-order valence-electron chi connectivity index (χ4n) is 3.64. The number of allylic oxidation sites excluding steroid dienone is 3. The van der Waals surface area contributed by atoms with Gasteiger partial charge in [0.05, 0.1) is 5.56 Å². The minimum absolute atomic E-state index is 0.0209. The standard InChI is InChI=1S/C25H28O6/c1-14(2)5-7-17-20(27)10-9-19-22(17)31-24(18-8-6-16(26)13-21(18)28)25(30,23(19)29)12-11-15(3)4/h5-6,8-11,13,24,26-28,30H,7,12H2,1-4H3. The molecule has 2 aromatic carbocycles. The normalized spacial score (nSPS) is 19.9. The summed E-state index contributed by atoms with van der Waals surface area (Å²) in [5.41, 5.74) is 0.734. The smallest absolute Gasteiger partial charge is 0.202 e. The van der Waals surface area contributed by atoms with E-state index in [1.165, 1.54) is 24.3 Å². The van der Waals surface area contributed by atoms with Crippen molar-refractivity contribution in [3.8, 4) is 23.0 Å². The van der Waals surface area contributed by atoms with Crippen LogP contribution in [0, 0.1) is 0 Å². The quantitative estimate of drug-likeness (QED) is 0.518. The molecule has 1 heterocycles. The summed E-state index contributed by atoms with van der Waals surface area (Å²) < 4.78 is 6.17. The molecule has 0 bridgehead atoms. The molecule has 164 valence electrons. The number of fused-ring (bicyclic) bond motifs is 1. The van der Waals surface area contributed by atoms with Gasteiger partial charge in [-0.2, -0.15) is 0 Å². The van der Waals surface area contributed by atoms with Crippen LogP contribution in [0.2, 0.25) is 0 Å². The molecule has 2 unspecified atom stereocenters. The second-order valence-corrected chi connectivity index (χ2v) is 8.41. The van der Waals surface area contributed by atoms with E-state index in [0.29, 0.717) is 12.0 Å². The van der Waals surface area contributed by atoms with Gasteiger partial charge in [0.1, 0.15) is 23.0 Å². The molecule has 0 amide bonds. The van der Waals surface area contributed by atoms with Crippen molar-refractivity contribution in [3.05, 3.63) is 70.3 Å². The summed E-state index contributed by atoms with van der Waals surface area (Å²) in [6, 6.07) is 6.77. The lowest BCUT2D eigenvalue weighted by Gasteiger charge is -2.40. The molecule has 2 aromatic rings. The summed E-state index contributed by atoms with van der Waals surface area (Å²) in [6.07, 6.45) is 2.71. The Hall–Kier alpha value is -3.25. The van der Waals surface area contributed by atoms with Crippen molar-refractivity contribution in [2.45, 2.75) is 52.2 Å². The SMILES string of the molecule is CC(C)=CCc1c(O)ccc2c1OC(c1ccc(O)cc1O)C(O)(CC=C(C)C)C2=O. The number of phenolic OH excluding ortho intramolecular Hbond substituents is 3. The predicted octanol–water partition coefficient (Wildman–Crippen LogP) is 4.72. The van der Waals surface area contributed by atoms with Crippen LogP contribution in [0.5, 0.6) is 23.0 Å². The van der Waals surface area contributed by atoms with Gasteiger partial charge >= 0.3 is 0 Å². The Kier molecular flexibility index (Phi) is 6.13. The molecule has 6 nitrogen and oxygen atoms in total. The number of ether oxygens (including phenoxy) is 1. The highest BCUT2D eigenvalue weighted by Crippen LogP contribution is 2.48. The minimum Gasteiger partial charge on any atom is -0.508 e. The van der Waals surface area contributed by atoms with Gasteiger partial charge in [0.15, 0.2) is 11.7 Å². The Labute approximate surface area is 181 Å². The molecule has 1 aliphatic heterocycles. The van der Waals surface area contributed by atoms with E-state index in [2.05, 4.69) is 0 Å². The summed E-state index contributed by atoms with van der Waals surface area (Å²) in [5.74, 6) is -0.849. The van der Waals surface area contributed by atoms with Gasteiger partial charge in [-0.05, 0) is 58.4 Å². The molecule has 0 fully saturated rings. The number of aliphatic hydroxyl groups is 1. The molecule has 0 radical (unpaired) electrons. The zero-order valence-corrected chi connectivity index (χ0v) is 18.1. The average Bonchev–Trinajstić information content (AvgIpc) is 2.69. The predicted molar refractivity (Wildman–Crippen MR) is 118 cm³/mol. The van der Waals surface area contributed by atoms with Crippen LogP contribution in [0.25, 0.3) is 0 Å². The fraction of sp³-hybridized carbons (Fsp3) is 0.320. The van der Waals surface area contributed by atoms with Gasteiger partial charge in [-0.15, -0.1) is 0 Å². The van der Waals surface area contributed by atoms with Crippen molar-refractivity contribution in [2.24, 2.45) is 0 Å². The first-order chi connectivity index (χ1) is 14.5. The molecule has 4 N–H and O–H groups in total. The van der Waals surface area contributed by atoms with Gasteiger partial charge in [-0.3, -0.25) is 4.79 Å². The fourth-order valence-corrected chi connectivity index (χ4v) is 3.64. The second kappa shape index (κ2) is 8.47. The summed E-state index contributed by atoms with van der Waals surface area (Å²) in [4.78, 5) is 13.5. The monoisotopic (exact) mass is 424 g/mol. The first kappa shape index (κ1) is 22.4. The van der Waals surface area contributed by atoms with E-state index in [4.69, 9.17) is 4.74 Å². The topological polar surface area (TPSA) is 107 Å². The van der Waals surface area contributed by atoms with Crippen molar-refractivity contribution in [1.82, 2.24) is 0 Å². The first-order valence-electron chi connectivity index (χ1n) is 10.1. The van der Waals surface area contributed by atoms with Crippen molar-refractivity contribution in [3.63, 3.8) is 0 Å². The molecule has 31 heavy (non-hydrogen) atoms. The van der Waals surface area contributed by atoms with Gasteiger partial charge in [-0.1, -0.05) is 23.3 Å². The number of hydrogen-bond acceptors (Lipinski definition) is 6. The van der Waals surface area contributed by atoms with Crippen LogP contribution in [0.15, 0.2) is 53.6 Å². The number of carbonyl (C=O) groups excluding carboxylic acids is 1. The highest BCUT2D eigenvalue weighted by molar-refractivity contribution is 6.06. The van der Waals surface area contributed by atoms with E-state index in [9.17, 15) is 25.2 Å². The zero-order chi connectivity index (χ0) is 22.9. The van der Waals surface area contributed by atoms with Crippen LogP contribution in [0.3, 0.4) is 0 Å². The van der Waals surface area contributed by atoms with Crippen molar-refractivity contribution in [1.29, 1.82) is 0 Å². The van der Waals surface area contributed by atoms with Crippen LogP contribution in [0.4, 0.5) is 0 Å². The van der Waals surface area contributed by atoms with Gasteiger partial charge < -0.3 is 25.2 Å². The third-order valence-corrected chi connectivity index (χ3v) is 5.38. The average molecular weight is 424 g/mol. The van der Waals surface area contributed by atoms with E-state index in [-0.39, 0.29) is 40.5 Å². The van der Waals surface area contributed by atoms with Crippen molar-refractivity contribution >= 4 is 5.78 Å². The Morgan fingerprint density at radius 2 is 1.68 bits per heavy atom. The Morgan fingerprint density at radius 1 is 1.00 bits per heavy atom. The van der Waals surface area contributed by atoms with Gasteiger partial charge in [-0.25, -0.2) is 0 Å². The van der Waals surface area contributed by atoms with E-state index < -0.39 is 17.5 Å². The summed E-state index contributed by atoms with van der Waals surface area (Å²) >= 11 is 0. The number of carbonyl (C=O) groups is 1. The maximum Gasteiger partial charge on any atom is 0.202 e. The van der Waals surface area contributed by atoms with Crippen LogP contribution in [0.1, 0.15) is 61.7 Å². The molecule has 0 saturated heterocycles. The summed E-state index contributed by atoms with van der Waals surface area (Å²) in [5, 5.41) is 42.1. The van der Waals surface area contributed by atoms with E-state index in [0.717, 1.165) is 17.2 Å². The highest BCUT2D eigenvalue weighted by Gasteiger charge is 2.51. The molecular formula is C25H28O6. The number of benzene rings is 2. The lowest BCUT2D eigenvalue weighted by molar-refractivity contribution is -0.0485. The number of ketones is 1. The minimum atomic E-state index is -1.98. The third-order valence-electron chi connectivity index (χ3n) is 5.38. The molecule has 0 spiro atoms. The van der Waals surface area contributed by atoms with Crippen LogP contribution < -0.4 is 4.74 Å². The van der Waals surface area contributed by atoms with E-state index in [1.54, 1.807) is 6.08 Å². The lowest BCUT2D eigenvalue weighted by Crippen LogP contribution is -2.49. The lowest BCUT2D eigenvalue weighted by atomic mass is 9.78. The molecule has 1 aliphatic rings. The molecule has 0 aliphatic carbocycles. The van der Waals surface area contributed by atoms with E-state index >= 15 is 0 Å². The van der Waals surface area contributed by atoms with Gasteiger partial charge in [0, 0.05) is 23.6 Å². The van der Waals surface area contributed by atoms with Gasteiger partial charge in [0.2, 0.25) is 5.78 Å². The van der Waals surface area contributed by atoms with Crippen LogP contribution in [-0.4, -0.2) is 31.8 Å². The zero-order valence-electron chi connectivity index (χ0n) is 18.1. The first-order valence-corrected chi connectivity index (χ1v) is 10.1.